The molecule has 2 N–H and O–H groups in total. The molecule has 2 aromatic rings. The molecule has 84 valence electrons. The average molecular weight is 214 g/mol. The highest BCUT2D eigenvalue weighted by molar-refractivity contribution is 5.84. The molecule has 2 nitrogen and oxygen atoms in total. The van der Waals surface area contributed by atoms with Gasteiger partial charge in [0.25, 0.3) is 0 Å². The monoisotopic (exact) mass is 214 g/mol. The number of rotatable bonds is 1. The summed E-state index contributed by atoms with van der Waals surface area (Å²) in [4.78, 5) is 0. The van der Waals surface area contributed by atoms with Crippen molar-refractivity contribution >= 4 is 10.9 Å². The number of aryl methyl sites for hydroxylation is 2. The second-order valence-electron chi connectivity index (χ2n) is 4.89. The van der Waals surface area contributed by atoms with Crippen molar-refractivity contribution in [2.75, 3.05) is 6.54 Å². The van der Waals surface area contributed by atoms with Crippen LogP contribution in [0.15, 0.2) is 24.3 Å². The Balaban J connectivity index is 2.16. The van der Waals surface area contributed by atoms with Crippen LogP contribution in [-0.2, 0) is 13.0 Å². The standard InChI is InChI=1S/C14H18N2/c1-10-3-2-4-14-13(10)8-12-7-11(9-15)5-6-16(12)14/h2-4,8,11H,5-7,9,15H2,1H3. The molecule has 1 aliphatic heterocycles. The van der Waals surface area contributed by atoms with Crippen molar-refractivity contribution in [3.8, 4) is 0 Å². The molecule has 0 fully saturated rings. The highest BCUT2D eigenvalue weighted by atomic mass is 15.0. The van der Waals surface area contributed by atoms with Gasteiger partial charge in [0.2, 0.25) is 0 Å². The highest BCUT2D eigenvalue weighted by Crippen LogP contribution is 2.29. The number of hydrogen-bond acceptors (Lipinski definition) is 1. The number of aromatic nitrogens is 1. The molecule has 0 amide bonds. The van der Waals surface area contributed by atoms with Gasteiger partial charge < -0.3 is 10.3 Å². The number of nitrogens with zero attached hydrogens (tertiary/aromatic N) is 1. The van der Waals surface area contributed by atoms with Crippen molar-refractivity contribution in [1.82, 2.24) is 4.57 Å². The van der Waals surface area contributed by atoms with Gasteiger partial charge in [0.05, 0.1) is 0 Å². The predicted octanol–water partition coefficient (Wildman–Crippen LogP) is 2.47. The fraction of sp³-hybridized carbons (Fsp3) is 0.429. The first-order valence-electron chi connectivity index (χ1n) is 6.07. The van der Waals surface area contributed by atoms with Gasteiger partial charge >= 0.3 is 0 Å². The van der Waals surface area contributed by atoms with E-state index >= 15 is 0 Å². The normalized spacial score (nSPS) is 20.0. The summed E-state index contributed by atoms with van der Waals surface area (Å²) >= 11 is 0. The van der Waals surface area contributed by atoms with Crippen LogP contribution in [0.4, 0.5) is 0 Å². The summed E-state index contributed by atoms with van der Waals surface area (Å²) in [5, 5.41) is 1.41. The third-order valence-electron chi connectivity index (χ3n) is 3.84. The second kappa shape index (κ2) is 3.63. The maximum atomic E-state index is 5.78. The summed E-state index contributed by atoms with van der Waals surface area (Å²) in [5.41, 5.74) is 10.0. The first-order valence-corrected chi connectivity index (χ1v) is 6.07. The Hall–Kier alpha value is -1.28. The van der Waals surface area contributed by atoms with Gasteiger partial charge in [-0.2, -0.15) is 0 Å². The Bertz CT molecular complexity index is 525. The molecule has 1 aliphatic rings. The first-order chi connectivity index (χ1) is 7.79. The molecule has 0 saturated carbocycles. The molecule has 2 heterocycles. The zero-order valence-electron chi connectivity index (χ0n) is 9.74. The van der Waals surface area contributed by atoms with Crippen LogP contribution < -0.4 is 5.73 Å². The van der Waals surface area contributed by atoms with Crippen molar-refractivity contribution in [1.29, 1.82) is 0 Å². The second-order valence-corrected chi connectivity index (χ2v) is 4.89. The van der Waals surface area contributed by atoms with E-state index in [0.717, 1.165) is 19.5 Å². The van der Waals surface area contributed by atoms with E-state index in [9.17, 15) is 0 Å². The Morgan fingerprint density at radius 1 is 1.44 bits per heavy atom. The van der Waals surface area contributed by atoms with E-state index < -0.39 is 0 Å². The molecular formula is C14H18N2. The van der Waals surface area contributed by atoms with E-state index in [4.69, 9.17) is 5.73 Å². The molecule has 0 aliphatic carbocycles. The van der Waals surface area contributed by atoms with Gasteiger partial charge in [0.15, 0.2) is 0 Å². The molecular weight excluding hydrogens is 196 g/mol. The molecule has 1 unspecified atom stereocenters. The first kappa shape index (κ1) is 9.91. The summed E-state index contributed by atoms with van der Waals surface area (Å²) in [5.74, 6) is 0.678. The maximum Gasteiger partial charge on any atom is 0.0485 e. The summed E-state index contributed by atoms with van der Waals surface area (Å²) in [6.45, 7) is 4.14. The van der Waals surface area contributed by atoms with Crippen molar-refractivity contribution < 1.29 is 0 Å². The summed E-state index contributed by atoms with van der Waals surface area (Å²) in [7, 11) is 0. The van der Waals surface area contributed by atoms with Crippen molar-refractivity contribution in [2.45, 2.75) is 26.3 Å². The van der Waals surface area contributed by atoms with E-state index in [1.807, 2.05) is 0 Å². The van der Waals surface area contributed by atoms with Gasteiger partial charge in [-0.1, -0.05) is 12.1 Å². The fourth-order valence-electron chi connectivity index (χ4n) is 2.83. The Kier molecular flexibility index (Phi) is 2.25. The number of nitrogens with two attached hydrogens (primary N) is 1. The Labute approximate surface area is 96.1 Å². The molecule has 3 rings (SSSR count). The minimum absolute atomic E-state index is 0.678. The van der Waals surface area contributed by atoms with Crippen LogP contribution in [0, 0.1) is 12.8 Å². The van der Waals surface area contributed by atoms with Gasteiger partial charge in [0, 0.05) is 23.1 Å². The molecule has 1 aromatic heterocycles. The predicted molar refractivity (Wildman–Crippen MR) is 67.5 cm³/mol. The molecule has 0 bridgehead atoms. The smallest absolute Gasteiger partial charge is 0.0485 e. The van der Waals surface area contributed by atoms with Gasteiger partial charge in [-0.05, 0) is 49.9 Å². The van der Waals surface area contributed by atoms with Crippen LogP contribution in [0.2, 0.25) is 0 Å². The highest BCUT2D eigenvalue weighted by Gasteiger charge is 2.19. The third-order valence-corrected chi connectivity index (χ3v) is 3.84. The van der Waals surface area contributed by atoms with Crippen LogP contribution in [0.3, 0.4) is 0 Å². The van der Waals surface area contributed by atoms with Crippen LogP contribution >= 0.6 is 0 Å². The zero-order chi connectivity index (χ0) is 11.1. The van der Waals surface area contributed by atoms with Crippen molar-refractivity contribution in [3.63, 3.8) is 0 Å². The molecule has 2 heteroatoms. The molecule has 0 saturated heterocycles. The average Bonchev–Trinajstić information content (AvgIpc) is 2.68. The van der Waals surface area contributed by atoms with Gasteiger partial charge in [-0.25, -0.2) is 0 Å². The largest absolute Gasteiger partial charge is 0.345 e. The fourth-order valence-corrected chi connectivity index (χ4v) is 2.83. The van der Waals surface area contributed by atoms with E-state index in [2.05, 4.69) is 35.8 Å². The molecule has 0 spiro atoms. The molecule has 16 heavy (non-hydrogen) atoms. The quantitative estimate of drug-likeness (QED) is 0.776. The minimum Gasteiger partial charge on any atom is -0.345 e. The van der Waals surface area contributed by atoms with Gasteiger partial charge in [-0.15, -0.1) is 0 Å². The topological polar surface area (TPSA) is 30.9 Å². The van der Waals surface area contributed by atoms with Crippen molar-refractivity contribution in [2.24, 2.45) is 11.7 Å². The van der Waals surface area contributed by atoms with E-state index in [1.54, 1.807) is 0 Å². The van der Waals surface area contributed by atoms with Crippen molar-refractivity contribution in [3.05, 3.63) is 35.5 Å². The van der Waals surface area contributed by atoms with Gasteiger partial charge in [0.1, 0.15) is 0 Å². The van der Waals surface area contributed by atoms with Crippen LogP contribution in [-0.4, -0.2) is 11.1 Å². The number of hydrogen-bond donors (Lipinski definition) is 1. The van der Waals surface area contributed by atoms with E-state index in [1.165, 1.54) is 28.6 Å². The lowest BCUT2D eigenvalue weighted by atomic mass is 9.96. The summed E-state index contributed by atoms with van der Waals surface area (Å²) < 4.78 is 2.47. The molecule has 1 aromatic carbocycles. The molecule has 1 atom stereocenters. The van der Waals surface area contributed by atoms with Gasteiger partial charge in [-0.3, -0.25) is 0 Å². The van der Waals surface area contributed by atoms with E-state index in [-0.39, 0.29) is 0 Å². The summed E-state index contributed by atoms with van der Waals surface area (Å²) in [6.07, 6.45) is 2.37. The van der Waals surface area contributed by atoms with Crippen LogP contribution in [0.5, 0.6) is 0 Å². The SMILES string of the molecule is Cc1cccc2c1cc1n2CCC(CN)C1. The Morgan fingerprint density at radius 2 is 2.31 bits per heavy atom. The Morgan fingerprint density at radius 3 is 3.12 bits per heavy atom. The lowest BCUT2D eigenvalue weighted by molar-refractivity contribution is 0.402. The molecule has 0 radical (unpaired) electrons. The maximum absolute atomic E-state index is 5.78. The summed E-state index contributed by atoms with van der Waals surface area (Å²) in [6, 6.07) is 8.93. The van der Waals surface area contributed by atoms with E-state index in [0.29, 0.717) is 5.92 Å². The lowest BCUT2D eigenvalue weighted by Gasteiger charge is -2.23. The zero-order valence-corrected chi connectivity index (χ0v) is 9.74. The minimum atomic E-state index is 0.678. The van der Waals surface area contributed by atoms with Crippen LogP contribution in [0.1, 0.15) is 17.7 Å². The lowest BCUT2D eigenvalue weighted by Crippen LogP contribution is -2.24. The number of fused-ring (bicyclic) bond motifs is 3. The number of benzene rings is 1. The van der Waals surface area contributed by atoms with Crippen LogP contribution in [0.25, 0.3) is 10.9 Å². The third kappa shape index (κ3) is 1.37.